The molecule has 0 fully saturated rings. The molecule has 1 aliphatic carbocycles. The summed E-state index contributed by atoms with van der Waals surface area (Å²) >= 11 is 0. The van der Waals surface area contributed by atoms with Gasteiger partial charge < -0.3 is 4.74 Å². The van der Waals surface area contributed by atoms with Gasteiger partial charge in [0.15, 0.2) is 0 Å². The molecule has 0 spiro atoms. The van der Waals surface area contributed by atoms with Crippen LogP contribution in [0.5, 0.6) is 5.75 Å². The van der Waals surface area contributed by atoms with Gasteiger partial charge in [-0.3, -0.25) is 0 Å². The van der Waals surface area contributed by atoms with E-state index in [9.17, 15) is 26.3 Å². The van der Waals surface area contributed by atoms with E-state index in [2.05, 4.69) is 16.9 Å². The van der Waals surface area contributed by atoms with Crippen LogP contribution in [0.4, 0.5) is 26.3 Å². The maximum atomic E-state index is 12.5. The number of hydrogen-bond acceptors (Lipinski definition) is 1. The van der Waals surface area contributed by atoms with Crippen LogP contribution in [0.2, 0.25) is 0 Å². The van der Waals surface area contributed by atoms with Gasteiger partial charge in [-0.25, -0.2) is 0 Å². The van der Waals surface area contributed by atoms with Crippen molar-refractivity contribution in [2.45, 2.75) is 37.7 Å². The maximum absolute atomic E-state index is 12.5. The number of ether oxygens (including phenoxy) is 1. The molecule has 0 amide bonds. The molecular formula is C17H16F6O. The van der Waals surface area contributed by atoms with Crippen molar-refractivity contribution in [2.24, 2.45) is 5.92 Å². The molecule has 1 atom stereocenters. The molecule has 1 unspecified atom stereocenters. The van der Waals surface area contributed by atoms with Crippen molar-refractivity contribution >= 4 is 0 Å². The minimum Gasteiger partial charge on any atom is -0.471 e. The van der Waals surface area contributed by atoms with Gasteiger partial charge in [-0.1, -0.05) is 36.4 Å². The topological polar surface area (TPSA) is 9.23 Å². The molecule has 0 N–H and O–H groups in total. The van der Waals surface area contributed by atoms with Crippen molar-refractivity contribution in [1.29, 1.82) is 0 Å². The van der Waals surface area contributed by atoms with Crippen LogP contribution in [-0.2, 0) is 6.42 Å². The summed E-state index contributed by atoms with van der Waals surface area (Å²) in [5.74, 6) is -0.0651. The van der Waals surface area contributed by atoms with Crippen molar-refractivity contribution in [3.63, 3.8) is 0 Å². The van der Waals surface area contributed by atoms with Crippen LogP contribution in [0.25, 0.3) is 0 Å². The molecule has 1 nitrogen and oxygen atoms in total. The highest BCUT2D eigenvalue weighted by Gasteiger charge is 2.59. The third kappa shape index (κ3) is 5.32. The van der Waals surface area contributed by atoms with E-state index in [-0.39, 0.29) is 0 Å². The molecule has 24 heavy (non-hydrogen) atoms. The number of benzene rings is 1. The molecule has 132 valence electrons. The van der Waals surface area contributed by atoms with Gasteiger partial charge in [0.25, 0.3) is 6.10 Å². The lowest BCUT2D eigenvalue weighted by atomic mass is 9.94. The Labute approximate surface area is 135 Å². The summed E-state index contributed by atoms with van der Waals surface area (Å²) in [6, 6.07) is 5.25. The third-order valence-corrected chi connectivity index (χ3v) is 3.64. The standard InChI is InChI=1S/C17H16F6O/c18-16(19,20)15(17(21,22)23)24-14-10-8-13(9-11-14)7-6-12-4-2-1-3-5-12/h1-4,8-12,15H,5-7H2. The monoisotopic (exact) mass is 350 g/mol. The molecular weight excluding hydrogens is 334 g/mol. The summed E-state index contributed by atoms with van der Waals surface area (Å²) in [7, 11) is 0. The lowest BCUT2D eigenvalue weighted by molar-refractivity contribution is -0.299. The van der Waals surface area contributed by atoms with Gasteiger partial charge in [0, 0.05) is 0 Å². The molecule has 1 aromatic rings. The second-order valence-electron chi connectivity index (χ2n) is 5.57. The Morgan fingerprint density at radius 3 is 2.08 bits per heavy atom. The fourth-order valence-corrected chi connectivity index (χ4v) is 2.39. The zero-order valence-corrected chi connectivity index (χ0v) is 12.6. The second kappa shape index (κ2) is 7.32. The Morgan fingerprint density at radius 1 is 0.958 bits per heavy atom. The molecule has 0 aromatic heterocycles. The van der Waals surface area contributed by atoms with Crippen LogP contribution in [-0.4, -0.2) is 18.5 Å². The zero-order valence-electron chi connectivity index (χ0n) is 12.6. The van der Waals surface area contributed by atoms with E-state index in [1.165, 1.54) is 12.1 Å². The average Bonchev–Trinajstić information content (AvgIpc) is 2.50. The first kappa shape index (κ1) is 18.4. The van der Waals surface area contributed by atoms with Gasteiger partial charge in [0.2, 0.25) is 0 Å². The molecule has 0 saturated heterocycles. The quantitative estimate of drug-likeness (QED) is 0.626. The number of aryl methyl sites for hydroxylation is 1. The van der Waals surface area contributed by atoms with Crippen LogP contribution < -0.4 is 4.74 Å². The lowest BCUT2D eigenvalue weighted by Gasteiger charge is -2.23. The smallest absolute Gasteiger partial charge is 0.434 e. The van der Waals surface area contributed by atoms with Gasteiger partial charge in [-0.2, -0.15) is 26.3 Å². The highest BCUT2D eigenvalue weighted by Crippen LogP contribution is 2.36. The van der Waals surface area contributed by atoms with E-state index < -0.39 is 24.2 Å². The highest BCUT2D eigenvalue weighted by atomic mass is 19.4. The maximum Gasteiger partial charge on any atom is 0.434 e. The van der Waals surface area contributed by atoms with Gasteiger partial charge in [0.05, 0.1) is 0 Å². The number of alkyl halides is 6. The number of rotatable bonds is 5. The molecule has 0 heterocycles. The van der Waals surface area contributed by atoms with Gasteiger partial charge >= 0.3 is 12.4 Å². The third-order valence-electron chi connectivity index (χ3n) is 3.64. The Bertz CT molecular complexity index is 569. The van der Waals surface area contributed by atoms with Crippen LogP contribution in [0, 0.1) is 5.92 Å². The van der Waals surface area contributed by atoms with Gasteiger partial charge in [0.1, 0.15) is 5.75 Å². The Balaban J connectivity index is 1.95. The SMILES string of the molecule is FC(F)(F)C(Oc1ccc(CCC2C=CC=CC2)cc1)C(F)(F)F. The molecule has 0 bridgehead atoms. The Kier molecular flexibility index (Phi) is 5.62. The first-order valence-corrected chi connectivity index (χ1v) is 7.38. The number of hydrogen-bond donors (Lipinski definition) is 0. The van der Waals surface area contributed by atoms with Crippen LogP contribution in [0.3, 0.4) is 0 Å². The van der Waals surface area contributed by atoms with Crippen molar-refractivity contribution < 1.29 is 31.1 Å². The predicted octanol–water partition coefficient (Wildman–Crippen LogP) is 5.62. The number of halogens is 6. The van der Waals surface area contributed by atoms with Gasteiger partial charge in [-0.05, 0) is 42.9 Å². The predicted molar refractivity (Wildman–Crippen MR) is 77.7 cm³/mol. The normalized spacial score (nSPS) is 18.2. The van der Waals surface area contributed by atoms with Gasteiger partial charge in [-0.15, -0.1) is 0 Å². The van der Waals surface area contributed by atoms with E-state index in [0.29, 0.717) is 12.3 Å². The van der Waals surface area contributed by atoms with Crippen molar-refractivity contribution in [2.75, 3.05) is 0 Å². The Hall–Kier alpha value is -1.92. The van der Waals surface area contributed by atoms with E-state index in [4.69, 9.17) is 0 Å². The fourth-order valence-electron chi connectivity index (χ4n) is 2.39. The summed E-state index contributed by atoms with van der Waals surface area (Å²) in [5.41, 5.74) is 0.834. The minimum atomic E-state index is -5.52. The summed E-state index contributed by atoms with van der Waals surface area (Å²) in [4.78, 5) is 0. The summed E-state index contributed by atoms with van der Waals surface area (Å²) in [5, 5.41) is 0. The first-order valence-electron chi connectivity index (χ1n) is 7.38. The van der Waals surface area contributed by atoms with Crippen molar-refractivity contribution in [1.82, 2.24) is 0 Å². The molecule has 1 aliphatic rings. The minimum absolute atomic E-state index is 0.394. The molecule has 1 aromatic carbocycles. The fraction of sp³-hybridized carbons (Fsp3) is 0.412. The molecule has 7 heteroatoms. The molecule has 2 rings (SSSR count). The lowest BCUT2D eigenvalue weighted by Crippen LogP contribution is -2.46. The average molecular weight is 350 g/mol. The van der Waals surface area contributed by atoms with Crippen LogP contribution in [0.1, 0.15) is 18.4 Å². The summed E-state index contributed by atoms with van der Waals surface area (Å²) in [6.07, 6.45) is -4.34. The zero-order chi connectivity index (χ0) is 17.8. The Morgan fingerprint density at radius 2 is 1.58 bits per heavy atom. The summed E-state index contributed by atoms with van der Waals surface area (Å²) < 4.78 is 78.8. The van der Waals surface area contributed by atoms with Crippen molar-refractivity contribution in [3.05, 3.63) is 54.1 Å². The first-order chi connectivity index (χ1) is 11.2. The van der Waals surface area contributed by atoms with Crippen molar-refractivity contribution in [3.8, 4) is 5.75 Å². The van der Waals surface area contributed by atoms with E-state index >= 15 is 0 Å². The van der Waals surface area contributed by atoms with E-state index in [0.717, 1.165) is 30.5 Å². The van der Waals surface area contributed by atoms with E-state index in [1.54, 1.807) is 0 Å². The van der Waals surface area contributed by atoms with E-state index in [1.807, 2.05) is 12.2 Å². The number of allylic oxidation sites excluding steroid dienone is 4. The van der Waals surface area contributed by atoms with Crippen LogP contribution >= 0.6 is 0 Å². The molecule has 0 radical (unpaired) electrons. The molecule has 0 saturated carbocycles. The largest absolute Gasteiger partial charge is 0.471 e. The van der Waals surface area contributed by atoms with Crippen LogP contribution in [0.15, 0.2) is 48.6 Å². The highest BCUT2D eigenvalue weighted by molar-refractivity contribution is 5.28. The second-order valence-corrected chi connectivity index (χ2v) is 5.57. The summed E-state index contributed by atoms with van der Waals surface area (Å²) in [6.45, 7) is 0. The molecule has 0 aliphatic heterocycles.